The Morgan fingerprint density at radius 2 is 2.17 bits per heavy atom. The van der Waals surface area contributed by atoms with Crippen LogP contribution in [0, 0.1) is 11.8 Å². The van der Waals surface area contributed by atoms with Gasteiger partial charge in [-0.3, -0.25) is 4.79 Å². The Kier molecular flexibility index (Phi) is 6.65. The second kappa shape index (κ2) is 7.74. The number of hydrogen-bond acceptors (Lipinski definition) is 3. The van der Waals surface area contributed by atoms with Crippen molar-refractivity contribution < 1.29 is 4.79 Å². The summed E-state index contributed by atoms with van der Waals surface area (Å²) in [5.41, 5.74) is 0. The fourth-order valence-electron chi connectivity index (χ4n) is 2.75. The summed E-state index contributed by atoms with van der Waals surface area (Å²) in [6.45, 7) is 7.36. The Hall–Kier alpha value is -0.610. The van der Waals surface area contributed by atoms with Crippen molar-refractivity contribution in [3.05, 3.63) is 0 Å². The van der Waals surface area contributed by atoms with Gasteiger partial charge in [0.2, 0.25) is 5.91 Å². The SMILES string of the molecule is CC(CN(C)C)NC(=O)CC(C)C1CCCNC1. The second-order valence-electron chi connectivity index (χ2n) is 6.02. The third-order valence-corrected chi connectivity index (χ3v) is 3.69. The van der Waals surface area contributed by atoms with Gasteiger partial charge in [-0.1, -0.05) is 6.92 Å². The van der Waals surface area contributed by atoms with Gasteiger partial charge in [-0.25, -0.2) is 0 Å². The van der Waals surface area contributed by atoms with E-state index >= 15 is 0 Å². The molecule has 0 aromatic heterocycles. The summed E-state index contributed by atoms with van der Waals surface area (Å²) in [6, 6.07) is 0.226. The van der Waals surface area contributed by atoms with Crippen LogP contribution in [0.15, 0.2) is 0 Å². The van der Waals surface area contributed by atoms with E-state index in [1.54, 1.807) is 0 Å². The Labute approximate surface area is 111 Å². The van der Waals surface area contributed by atoms with Crippen molar-refractivity contribution in [3.63, 3.8) is 0 Å². The minimum Gasteiger partial charge on any atom is -0.352 e. The summed E-state index contributed by atoms with van der Waals surface area (Å²) in [6.07, 6.45) is 3.16. The van der Waals surface area contributed by atoms with E-state index in [1.807, 2.05) is 14.1 Å². The highest BCUT2D eigenvalue weighted by Gasteiger charge is 2.22. The number of carbonyl (C=O) groups excluding carboxylic acids is 1. The van der Waals surface area contributed by atoms with Crippen molar-refractivity contribution in [1.29, 1.82) is 0 Å². The van der Waals surface area contributed by atoms with Crippen LogP contribution in [0.4, 0.5) is 0 Å². The average molecular weight is 255 g/mol. The predicted octanol–water partition coefficient (Wildman–Crippen LogP) is 1.08. The van der Waals surface area contributed by atoms with Crippen LogP contribution in [-0.2, 0) is 4.79 Å². The summed E-state index contributed by atoms with van der Waals surface area (Å²) in [4.78, 5) is 14.0. The van der Waals surface area contributed by atoms with E-state index in [9.17, 15) is 4.79 Å². The second-order valence-corrected chi connectivity index (χ2v) is 6.02. The standard InChI is InChI=1S/C14H29N3O/c1-11(13-6-5-7-15-9-13)8-14(18)16-12(2)10-17(3)4/h11-13,15H,5-10H2,1-4H3,(H,16,18). The smallest absolute Gasteiger partial charge is 0.220 e. The molecule has 1 rings (SSSR count). The van der Waals surface area contributed by atoms with E-state index in [2.05, 4.69) is 29.4 Å². The molecule has 3 unspecified atom stereocenters. The van der Waals surface area contributed by atoms with Crippen molar-refractivity contribution >= 4 is 5.91 Å². The van der Waals surface area contributed by atoms with Gasteiger partial charge in [0.1, 0.15) is 0 Å². The summed E-state index contributed by atoms with van der Waals surface area (Å²) in [7, 11) is 4.05. The van der Waals surface area contributed by atoms with Gasteiger partial charge in [0.15, 0.2) is 0 Å². The first kappa shape index (κ1) is 15.4. The van der Waals surface area contributed by atoms with Gasteiger partial charge in [-0.2, -0.15) is 0 Å². The molecule has 0 spiro atoms. The van der Waals surface area contributed by atoms with E-state index in [1.165, 1.54) is 12.8 Å². The quantitative estimate of drug-likeness (QED) is 0.746. The van der Waals surface area contributed by atoms with Crippen molar-refractivity contribution in [1.82, 2.24) is 15.5 Å². The number of hydrogen-bond donors (Lipinski definition) is 2. The van der Waals surface area contributed by atoms with Gasteiger partial charge >= 0.3 is 0 Å². The van der Waals surface area contributed by atoms with E-state index < -0.39 is 0 Å². The molecule has 106 valence electrons. The Bertz CT molecular complexity index is 249. The lowest BCUT2D eigenvalue weighted by Gasteiger charge is -2.28. The molecule has 0 aromatic carbocycles. The van der Waals surface area contributed by atoms with Crippen LogP contribution in [0.3, 0.4) is 0 Å². The van der Waals surface area contributed by atoms with Crippen molar-refractivity contribution in [2.75, 3.05) is 33.7 Å². The van der Waals surface area contributed by atoms with Crippen molar-refractivity contribution in [2.24, 2.45) is 11.8 Å². The first-order valence-electron chi connectivity index (χ1n) is 7.14. The summed E-state index contributed by atoms with van der Waals surface area (Å²) in [5.74, 6) is 1.33. The van der Waals surface area contributed by atoms with Crippen molar-refractivity contribution in [3.8, 4) is 0 Å². The summed E-state index contributed by atoms with van der Waals surface area (Å²) in [5, 5.41) is 6.50. The first-order valence-corrected chi connectivity index (χ1v) is 7.14. The van der Waals surface area contributed by atoms with Crippen molar-refractivity contribution in [2.45, 2.75) is 39.2 Å². The van der Waals surface area contributed by atoms with E-state index in [0.717, 1.165) is 19.6 Å². The molecule has 0 radical (unpaired) electrons. The number of piperidine rings is 1. The van der Waals surface area contributed by atoms with E-state index in [0.29, 0.717) is 18.3 Å². The molecule has 1 amide bonds. The lowest BCUT2D eigenvalue weighted by molar-refractivity contribution is -0.123. The fraction of sp³-hybridized carbons (Fsp3) is 0.929. The maximum absolute atomic E-state index is 11.9. The molecule has 1 fully saturated rings. The largest absolute Gasteiger partial charge is 0.352 e. The molecular weight excluding hydrogens is 226 g/mol. The molecule has 3 atom stereocenters. The first-order chi connectivity index (χ1) is 8.49. The monoisotopic (exact) mass is 255 g/mol. The van der Waals surface area contributed by atoms with Gasteiger partial charge in [0.25, 0.3) is 0 Å². The van der Waals surface area contributed by atoms with Gasteiger partial charge in [0, 0.05) is 19.0 Å². The van der Waals surface area contributed by atoms with Crippen LogP contribution in [0.5, 0.6) is 0 Å². The highest BCUT2D eigenvalue weighted by atomic mass is 16.1. The molecule has 4 heteroatoms. The van der Waals surface area contributed by atoms with Gasteiger partial charge < -0.3 is 15.5 Å². The third kappa shape index (κ3) is 5.83. The number of nitrogens with zero attached hydrogens (tertiary/aromatic N) is 1. The normalized spacial score (nSPS) is 23.7. The highest BCUT2D eigenvalue weighted by molar-refractivity contribution is 5.76. The fourth-order valence-corrected chi connectivity index (χ4v) is 2.75. The Morgan fingerprint density at radius 3 is 2.72 bits per heavy atom. The molecule has 18 heavy (non-hydrogen) atoms. The van der Waals surface area contributed by atoms with Gasteiger partial charge in [0.05, 0.1) is 0 Å². The zero-order valence-corrected chi connectivity index (χ0v) is 12.3. The molecule has 2 N–H and O–H groups in total. The molecule has 0 aliphatic carbocycles. The molecule has 0 aromatic rings. The maximum Gasteiger partial charge on any atom is 0.220 e. The van der Waals surface area contributed by atoms with E-state index in [-0.39, 0.29) is 11.9 Å². The molecule has 1 aliphatic heterocycles. The van der Waals surface area contributed by atoms with Crippen LogP contribution in [0.1, 0.15) is 33.1 Å². The average Bonchev–Trinajstić information content (AvgIpc) is 2.28. The Balaban J connectivity index is 2.25. The molecule has 1 saturated heterocycles. The number of carbonyl (C=O) groups is 1. The van der Waals surface area contributed by atoms with Gasteiger partial charge in [-0.15, -0.1) is 0 Å². The Morgan fingerprint density at radius 1 is 1.44 bits per heavy atom. The molecule has 0 saturated carbocycles. The third-order valence-electron chi connectivity index (χ3n) is 3.69. The number of likely N-dealkylation sites (N-methyl/N-ethyl adjacent to an activating group) is 1. The van der Waals surface area contributed by atoms with E-state index in [4.69, 9.17) is 0 Å². The predicted molar refractivity (Wildman–Crippen MR) is 75.5 cm³/mol. The lowest BCUT2D eigenvalue weighted by atomic mass is 9.85. The molecular formula is C14H29N3O. The highest BCUT2D eigenvalue weighted by Crippen LogP contribution is 2.22. The van der Waals surface area contributed by atoms with Crippen LogP contribution >= 0.6 is 0 Å². The lowest BCUT2D eigenvalue weighted by Crippen LogP contribution is -2.41. The topological polar surface area (TPSA) is 44.4 Å². The number of nitrogens with one attached hydrogen (secondary N) is 2. The van der Waals surface area contributed by atoms with Crippen LogP contribution < -0.4 is 10.6 Å². The zero-order chi connectivity index (χ0) is 13.5. The van der Waals surface area contributed by atoms with Crippen LogP contribution in [0.2, 0.25) is 0 Å². The summed E-state index contributed by atoms with van der Waals surface area (Å²) < 4.78 is 0. The minimum absolute atomic E-state index is 0.197. The summed E-state index contributed by atoms with van der Waals surface area (Å²) >= 11 is 0. The van der Waals surface area contributed by atoms with Crippen LogP contribution in [0.25, 0.3) is 0 Å². The molecule has 1 aliphatic rings. The van der Waals surface area contributed by atoms with Crippen LogP contribution in [-0.4, -0.2) is 50.6 Å². The number of rotatable bonds is 6. The molecule has 1 heterocycles. The molecule has 0 bridgehead atoms. The van der Waals surface area contributed by atoms with Gasteiger partial charge in [-0.05, 0) is 58.8 Å². The maximum atomic E-state index is 11.9. The molecule has 4 nitrogen and oxygen atoms in total. The zero-order valence-electron chi connectivity index (χ0n) is 12.3. The number of amides is 1. The minimum atomic E-state index is 0.197.